The molecule has 2 N–H and O–H groups in total. The number of aromatic hydroxyl groups is 1. The third-order valence-corrected chi connectivity index (χ3v) is 7.37. The summed E-state index contributed by atoms with van der Waals surface area (Å²) in [5.74, 6) is -0.843. The molecule has 1 unspecified atom stereocenters. The number of amides is 2. The Balaban J connectivity index is 1.66. The van der Waals surface area contributed by atoms with Crippen LogP contribution in [0.3, 0.4) is 0 Å². The minimum absolute atomic E-state index is 0.0368. The van der Waals surface area contributed by atoms with Crippen LogP contribution in [0, 0.1) is 23.6 Å². The number of hydrogen-bond donors (Lipinski definition) is 2. The lowest BCUT2D eigenvalue weighted by molar-refractivity contribution is 0.00349. The molecule has 8 heteroatoms. The predicted molar refractivity (Wildman–Crippen MR) is 135 cm³/mol. The molecule has 1 aromatic carbocycles. The Labute approximate surface area is 211 Å². The summed E-state index contributed by atoms with van der Waals surface area (Å²) in [4.78, 5) is 41.5. The van der Waals surface area contributed by atoms with Crippen molar-refractivity contribution in [3.8, 4) is 5.75 Å². The molecule has 2 aliphatic rings. The lowest BCUT2D eigenvalue weighted by Gasteiger charge is -2.50. The summed E-state index contributed by atoms with van der Waals surface area (Å²) in [6.45, 7) is 9.15. The average Bonchev–Trinajstić information content (AvgIpc) is 2.81. The fourth-order valence-electron chi connectivity index (χ4n) is 5.83. The maximum absolute atomic E-state index is 13.7. The SMILES string of the molecule is CC(C)CC1CC[C@@H](CC(C)C)N2C(=O)c3c(O)c(=O)c(C(=O)NCc4ccc(F)cc4)cn3C[C@H]12. The summed E-state index contributed by atoms with van der Waals surface area (Å²) in [5.41, 5.74) is -0.437. The maximum Gasteiger partial charge on any atom is 0.275 e. The third-order valence-electron chi connectivity index (χ3n) is 7.37. The minimum Gasteiger partial charge on any atom is -0.503 e. The normalized spacial score (nSPS) is 21.5. The zero-order valence-electron chi connectivity index (χ0n) is 21.5. The maximum atomic E-state index is 13.7. The molecule has 0 radical (unpaired) electrons. The number of halogens is 1. The van der Waals surface area contributed by atoms with Crippen LogP contribution in [0.5, 0.6) is 5.75 Å². The molecule has 7 nitrogen and oxygen atoms in total. The fraction of sp³-hybridized carbons (Fsp3) is 0.536. The first-order chi connectivity index (χ1) is 17.1. The highest BCUT2D eigenvalue weighted by atomic mass is 19.1. The van der Waals surface area contributed by atoms with Crippen LogP contribution in [-0.4, -0.2) is 38.5 Å². The van der Waals surface area contributed by atoms with Crippen molar-refractivity contribution in [1.82, 2.24) is 14.8 Å². The Morgan fingerprint density at radius 1 is 1.08 bits per heavy atom. The lowest BCUT2D eigenvalue weighted by Crippen LogP contribution is -2.59. The molecule has 0 aliphatic carbocycles. The molecular weight excluding hydrogens is 461 g/mol. The van der Waals surface area contributed by atoms with E-state index in [1.54, 1.807) is 16.7 Å². The monoisotopic (exact) mass is 497 g/mol. The van der Waals surface area contributed by atoms with Gasteiger partial charge in [0, 0.05) is 25.3 Å². The Bertz CT molecular complexity index is 1190. The second-order valence-electron chi connectivity index (χ2n) is 11.1. The summed E-state index contributed by atoms with van der Waals surface area (Å²) in [7, 11) is 0. The number of pyridine rings is 1. The molecule has 2 amide bonds. The van der Waals surface area contributed by atoms with E-state index in [9.17, 15) is 23.9 Å². The molecule has 3 atom stereocenters. The zero-order chi connectivity index (χ0) is 26.1. The molecule has 1 aromatic heterocycles. The number of piperidine rings is 1. The van der Waals surface area contributed by atoms with Crippen LogP contribution in [-0.2, 0) is 13.1 Å². The highest BCUT2D eigenvalue weighted by Gasteiger charge is 2.45. The molecule has 2 aromatic rings. The van der Waals surface area contributed by atoms with Crippen molar-refractivity contribution in [2.24, 2.45) is 17.8 Å². The van der Waals surface area contributed by atoms with Crippen LogP contribution < -0.4 is 10.7 Å². The zero-order valence-corrected chi connectivity index (χ0v) is 21.5. The number of fused-ring (bicyclic) bond motifs is 2. The Morgan fingerprint density at radius 2 is 1.75 bits per heavy atom. The minimum atomic E-state index is -0.860. The van der Waals surface area contributed by atoms with E-state index < -0.39 is 17.1 Å². The van der Waals surface area contributed by atoms with E-state index in [2.05, 4.69) is 33.0 Å². The summed E-state index contributed by atoms with van der Waals surface area (Å²) >= 11 is 0. The molecule has 4 rings (SSSR count). The molecule has 1 fully saturated rings. The molecular formula is C28H36FN3O4. The van der Waals surface area contributed by atoms with E-state index in [1.165, 1.54) is 18.3 Å². The van der Waals surface area contributed by atoms with Crippen LogP contribution in [0.4, 0.5) is 4.39 Å². The largest absolute Gasteiger partial charge is 0.503 e. The van der Waals surface area contributed by atoms with Crippen molar-refractivity contribution in [2.45, 2.75) is 78.6 Å². The van der Waals surface area contributed by atoms with E-state index in [4.69, 9.17) is 0 Å². The topological polar surface area (TPSA) is 91.6 Å². The van der Waals surface area contributed by atoms with Crippen molar-refractivity contribution < 1.29 is 19.1 Å². The molecule has 0 spiro atoms. The van der Waals surface area contributed by atoms with Crippen molar-refractivity contribution in [3.05, 3.63) is 63.3 Å². The first-order valence-corrected chi connectivity index (χ1v) is 12.9. The van der Waals surface area contributed by atoms with Gasteiger partial charge in [-0.25, -0.2) is 4.39 Å². The van der Waals surface area contributed by atoms with E-state index in [0.29, 0.717) is 29.9 Å². The van der Waals surface area contributed by atoms with Crippen molar-refractivity contribution in [3.63, 3.8) is 0 Å². The van der Waals surface area contributed by atoms with Crippen LogP contribution >= 0.6 is 0 Å². The van der Waals surface area contributed by atoms with Gasteiger partial charge in [0.05, 0.1) is 6.04 Å². The summed E-state index contributed by atoms with van der Waals surface area (Å²) in [6.07, 6.45) is 5.19. The predicted octanol–water partition coefficient (Wildman–Crippen LogP) is 4.32. The van der Waals surface area contributed by atoms with Crippen molar-refractivity contribution >= 4 is 11.8 Å². The van der Waals surface area contributed by atoms with Gasteiger partial charge in [0.15, 0.2) is 11.4 Å². The van der Waals surface area contributed by atoms with E-state index in [-0.39, 0.29) is 41.6 Å². The molecule has 1 saturated heterocycles. The highest BCUT2D eigenvalue weighted by Crippen LogP contribution is 2.39. The van der Waals surface area contributed by atoms with Crippen LogP contribution in [0.25, 0.3) is 0 Å². The van der Waals surface area contributed by atoms with Crippen LogP contribution in [0.15, 0.2) is 35.3 Å². The van der Waals surface area contributed by atoms with Crippen LogP contribution in [0.1, 0.15) is 79.8 Å². The Hall–Kier alpha value is -3.16. The second kappa shape index (κ2) is 10.4. The number of hydrogen-bond acceptors (Lipinski definition) is 4. The van der Waals surface area contributed by atoms with Crippen molar-refractivity contribution in [1.29, 1.82) is 0 Å². The number of carbonyl (C=O) groups excluding carboxylic acids is 2. The van der Waals surface area contributed by atoms with E-state index in [1.807, 2.05) is 4.90 Å². The standard InChI is InChI=1S/C28H36FN3O4/c1-16(2)11-19-7-10-21(12-17(3)4)32-23(19)15-31-14-22(25(33)26(34)24(31)28(32)36)27(35)30-13-18-5-8-20(29)9-6-18/h5-6,8-9,14,16-17,19,21,23,34H,7,10-13,15H2,1-4H3,(H,30,35)/t19?,21-,23+/m0/s1. The summed E-state index contributed by atoms with van der Waals surface area (Å²) < 4.78 is 14.7. The van der Waals surface area contributed by atoms with Gasteiger partial charge in [-0.15, -0.1) is 0 Å². The van der Waals surface area contributed by atoms with Gasteiger partial charge >= 0.3 is 0 Å². The Kier molecular flexibility index (Phi) is 7.52. The van der Waals surface area contributed by atoms with Gasteiger partial charge < -0.3 is 19.9 Å². The lowest BCUT2D eigenvalue weighted by atomic mass is 9.77. The molecule has 0 saturated carbocycles. The molecule has 0 bridgehead atoms. The summed E-state index contributed by atoms with van der Waals surface area (Å²) in [6, 6.07) is 5.69. The first-order valence-electron chi connectivity index (χ1n) is 12.9. The van der Waals surface area contributed by atoms with Gasteiger partial charge in [-0.2, -0.15) is 0 Å². The van der Waals surface area contributed by atoms with Gasteiger partial charge in [-0.05, 0) is 61.1 Å². The van der Waals surface area contributed by atoms with Gasteiger partial charge in [-0.1, -0.05) is 39.8 Å². The van der Waals surface area contributed by atoms with Gasteiger partial charge in [0.25, 0.3) is 11.8 Å². The van der Waals surface area contributed by atoms with Crippen molar-refractivity contribution in [2.75, 3.05) is 0 Å². The highest BCUT2D eigenvalue weighted by molar-refractivity contribution is 5.99. The average molecular weight is 498 g/mol. The number of carbonyl (C=O) groups is 2. The summed E-state index contributed by atoms with van der Waals surface area (Å²) in [5, 5.41) is 13.5. The Morgan fingerprint density at radius 3 is 2.39 bits per heavy atom. The van der Waals surface area contributed by atoms with Gasteiger partial charge in [0.1, 0.15) is 11.4 Å². The fourth-order valence-corrected chi connectivity index (χ4v) is 5.83. The van der Waals surface area contributed by atoms with Gasteiger partial charge in [0.2, 0.25) is 5.43 Å². The van der Waals surface area contributed by atoms with Gasteiger partial charge in [-0.3, -0.25) is 14.4 Å². The molecule has 194 valence electrons. The molecule has 3 heterocycles. The first kappa shape index (κ1) is 25.9. The number of nitrogens with one attached hydrogen (secondary N) is 1. The number of aromatic nitrogens is 1. The smallest absolute Gasteiger partial charge is 0.275 e. The second-order valence-corrected chi connectivity index (χ2v) is 11.1. The molecule has 2 aliphatic heterocycles. The number of nitrogens with zero attached hydrogens (tertiary/aromatic N) is 2. The van der Waals surface area contributed by atoms with E-state index in [0.717, 1.165) is 25.7 Å². The quantitative estimate of drug-likeness (QED) is 0.596. The third kappa shape index (κ3) is 5.18. The molecule has 36 heavy (non-hydrogen) atoms. The number of rotatable bonds is 7. The van der Waals surface area contributed by atoms with Crippen LogP contribution in [0.2, 0.25) is 0 Å². The van der Waals surface area contributed by atoms with E-state index >= 15 is 0 Å². The number of benzene rings is 1.